The molecule has 0 aromatic heterocycles. The third-order valence-electron chi connectivity index (χ3n) is 4.20. The molecule has 0 saturated carbocycles. The largest absolute Gasteiger partial charge is 0.371 e. The number of imide groups is 1. The molecular formula is C16H23N3O2. The SMILES string of the molecule is C=C(/C=C\C(=C)N1CC2(CNC2)C1)C(C)C(=O)NC(C)=O. The molecule has 2 heterocycles. The molecule has 2 N–H and O–H groups in total. The first-order valence-corrected chi connectivity index (χ1v) is 7.16. The van der Waals surface area contributed by atoms with E-state index in [0.29, 0.717) is 11.0 Å². The van der Waals surface area contributed by atoms with Crippen LogP contribution in [-0.2, 0) is 9.59 Å². The Labute approximate surface area is 125 Å². The van der Waals surface area contributed by atoms with Crippen LogP contribution in [0.4, 0.5) is 0 Å². The maximum Gasteiger partial charge on any atom is 0.233 e. The zero-order valence-corrected chi connectivity index (χ0v) is 12.7. The van der Waals surface area contributed by atoms with Gasteiger partial charge in [0.2, 0.25) is 11.8 Å². The summed E-state index contributed by atoms with van der Waals surface area (Å²) in [5, 5.41) is 5.57. The molecule has 2 saturated heterocycles. The van der Waals surface area contributed by atoms with Crippen LogP contribution in [0.15, 0.2) is 36.6 Å². The summed E-state index contributed by atoms with van der Waals surface area (Å²) in [6, 6.07) is 0. The van der Waals surface area contributed by atoms with Gasteiger partial charge in [-0.15, -0.1) is 0 Å². The lowest BCUT2D eigenvalue weighted by molar-refractivity contribution is -0.130. The molecule has 5 heteroatoms. The fraction of sp³-hybridized carbons (Fsp3) is 0.500. The predicted octanol–water partition coefficient (Wildman–Crippen LogP) is 0.816. The van der Waals surface area contributed by atoms with Gasteiger partial charge in [-0.1, -0.05) is 19.2 Å². The second-order valence-corrected chi connectivity index (χ2v) is 6.13. The molecule has 5 nitrogen and oxygen atoms in total. The third-order valence-corrected chi connectivity index (χ3v) is 4.20. The van der Waals surface area contributed by atoms with Crippen molar-refractivity contribution < 1.29 is 9.59 Å². The normalized spacial score (nSPS) is 20.6. The van der Waals surface area contributed by atoms with E-state index in [1.54, 1.807) is 13.0 Å². The fourth-order valence-electron chi connectivity index (χ4n) is 2.57. The Hall–Kier alpha value is -1.88. The van der Waals surface area contributed by atoms with Crippen molar-refractivity contribution in [1.29, 1.82) is 0 Å². The number of nitrogens with one attached hydrogen (secondary N) is 2. The van der Waals surface area contributed by atoms with Gasteiger partial charge in [0.1, 0.15) is 0 Å². The van der Waals surface area contributed by atoms with Crippen molar-refractivity contribution in [1.82, 2.24) is 15.5 Å². The van der Waals surface area contributed by atoms with Gasteiger partial charge in [-0.3, -0.25) is 14.9 Å². The number of amides is 2. The monoisotopic (exact) mass is 289 g/mol. The van der Waals surface area contributed by atoms with E-state index in [9.17, 15) is 9.59 Å². The molecule has 2 amide bonds. The van der Waals surface area contributed by atoms with Crippen molar-refractivity contribution in [2.24, 2.45) is 11.3 Å². The van der Waals surface area contributed by atoms with Gasteiger partial charge in [-0.05, 0) is 18.6 Å². The minimum atomic E-state index is -0.434. The standard InChI is InChI=1S/C16H23N3O2/c1-11(13(3)15(21)18-14(4)20)5-6-12(2)19-9-16(10-19)7-17-8-16/h5-6,13,17H,1-2,7-10H2,3-4H3,(H,18,20,21)/b6-5-. The highest BCUT2D eigenvalue weighted by molar-refractivity contribution is 5.96. The van der Waals surface area contributed by atoms with Crippen LogP contribution in [0.2, 0.25) is 0 Å². The van der Waals surface area contributed by atoms with Gasteiger partial charge >= 0.3 is 0 Å². The molecule has 1 spiro atoms. The van der Waals surface area contributed by atoms with Gasteiger partial charge in [-0.2, -0.15) is 0 Å². The summed E-state index contributed by atoms with van der Waals surface area (Å²) in [7, 11) is 0. The summed E-state index contributed by atoms with van der Waals surface area (Å²) in [6.07, 6.45) is 3.69. The lowest BCUT2D eigenvalue weighted by Gasteiger charge is -2.57. The first kappa shape index (κ1) is 15.5. The van der Waals surface area contributed by atoms with E-state index < -0.39 is 5.92 Å². The van der Waals surface area contributed by atoms with Crippen LogP contribution in [0.5, 0.6) is 0 Å². The van der Waals surface area contributed by atoms with Crippen molar-refractivity contribution in [2.75, 3.05) is 26.2 Å². The number of carbonyl (C=O) groups is 2. The summed E-state index contributed by atoms with van der Waals surface area (Å²) >= 11 is 0. The lowest BCUT2D eigenvalue weighted by atomic mass is 9.74. The van der Waals surface area contributed by atoms with Crippen LogP contribution >= 0.6 is 0 Å². The van der Waals surface area contributed by atoms with E-state index in [1.807, 2.05) is 6.08 Å². The minimum Gasteiger partial charge on any atom is -0.371 e. The van der Waals surface area contributed by atoms with E-state index >= 15 is 0 Å². The Morgan fingerprint density at radius 1 is 1.29 bits per heavy atom. The maximum atomic E-state index is 11.7. The second-order valence-electron chi connectivity index (χ2n) is 6.13. The zero-order chi connectivity index (χ0) is 15.6. The van der Waals surface area contributed by atoms with Gasteiger partial charge in [-0.25, -0.2) is 0 Å². The number of allylic oxidation sites excluding steroid dienone is 2. The topological polar surface area (TPSA) is 61.4 Å². The number of carbonyl (C=O) groups excluding carboxylic acids is 2. The summed E-state index contributed by atoms with van der Waals surface area (Å²) in [5.41, 5.74) is 2.06. The number of likely N-dealkylation sites (tertiary alicyclic amines) is 1. The number of nitrogens with zero attached hydrogens (tertiary/aromatic N) is 1. The van der Waals surface area contributed by atoms with Gasteiger partial charge in [0.05, 0.1) is 5.92 Å². The molecule has 2 aliphatic rings. The number of hydrogen-bond acceptors (Lipinski definition) is 4. The summed E-state index contributed by atoms with van der Waals surface area (Å²) in [6.45, 7) is 15.2. The van der Waals surface area contributed by atoms with E-state index in [4.69, 9.17) is 0 Å². The smallest absolute Gasteiger partial charge is 0.233 e. The minimum absolute atomic E-state index is 0.328. The highest BCUT2D eigenvalue weighted by Crippen LogP contribution is 2.36. The molecule has 0 aromatic rings. The van der Waals surface area contributed by atoms with E-state index in [2.05, 4.69) is 28.7 Å². The molecule has 1 atom stereocenters. The number of hydrogen-bond donors (Lipinski definition) is 2. The molecule has 2 fully saturated rings. The molecule has 2 aliphatic heterocycles. The van der Waals surface area contributed by atoms with Crippen molar-refractivity contribution >= 4 is 11.8 Å². The fourth-order valence-corrected chi connectivity index (χ4v) is 2.57. The molecule has 114 valence electrons. The average molecular weight is 289 g/mol. The molecule has 0 aromatic carbocycles. The van der Waals surface area contributed by atoms with Gasteiger partial charge < -0.3 is 10.2 Å². The highest BCUT2D eigenvalue weighted by atomic mass is 16.2. The van der Waals surface area contributed by atoms with Crippen molar-refractivity contribution in [2.45, 2.75) is 13.8 Å². The Morgan fingerprint density at radius 3 is 2.38 bits per heavy atom. The molecule has 0 radical (unpaired) electrons. The van der Waals surface area contributed by atoms with Crippen LogP contribution < -0.4 is 10.6 Å². The van der Waals surface area contributed by atoms with Crippen LogP contribution in [0.1, 0.15) is 13.8 Å². The van der Waals surface area contributed by atoms with E-state index in [1.165, 1.54) is 6.92 Å². The Morgan fingerprint density at radius 2 is 1.90 bits per heavy atom. The van der Waals surface area contributed by atoms with Gasteiger partial charge in [0.15, 0.2) is 0 Å². The first-order chi connectivity index (χ1) is 9.83. The van der Waals surface area contributed by atoms with Crippen LogP contribution in [0.3, 0.4) is 0 Å². The summed E-state index contributed by atoms with van der Waals surface area (Å²) in [4.78, 5) is 24.8. The summed E-state index contributed by atoms with van der Waals surface area (Å²) in [5.74, 6) is -1.12. The zero-order valence-electron chi connectivity index (χ0n) is 12.7. The van der Waals surface area contributed by atoms with Crippen molar-refractivity contribution in [3.63, 3.8) is 0 Å². The van der Waals surface area contributed by atoms with Crippen LogP contribution in [0.25, 0.3) is 0 Å². The molecular weight excluding hydrogens is 266 g/mol. The van der Waals surface area contributed by atoms with Crippen LogP contribution in [0, 0.1) is 11.3 Å². The van der Waals surface area contributed by atoms with Gasteiger partial charge in [0.25, 0.3) is 0 Å². The Balaban J connectivity index is 1.80. The molecule has 21 heavy (non-hydrogen) atoms. The number of rotatable bonds is 5. The Kier molecular flexibility index (Phi) is 4.32. The van der Waals surface area contributed by atoms with Gasteiger partial charge in [0, 0.05) is 44.2 Å². The highest BCUT2D eigenvalue weighted by Gasteiger charge is 2.47. The first-order valence-electron chi connectivity index (χ1n) is 7.16. The quantitative estimate of drug-likeness (QED) is 0.736. The van der Waals surface area contributed by atoms with Crippen LogP contribution in [-0.4, -0.2) is 42.9 Å². The molecule has 0 bridgehead atoms. The Bertz CT molecular complexity index is 510. The molecule has 2 rings (SSSR count). The third kappa shape index (κ3) is 3.42. The predicted molar refractivity (Wildman–Crippen MR) is 82.3 cm³/mol. The summed E-state index contributed by atoms with van der Waals surface area (Å²) < 4.78 is 0. The van der Waals surface area contributed by atoms with E-state index in [-0.39, 0.29) is 11.8 Å². The van der Waals surface area contributed by atoms with Crippen molar-refractivity contribution in [3.05, 3.63) is 36.6 Å². The average Bonchev–Trinajstić information content (AvgIpc) is 2.30. The van der Waals surface area contributed by atoms with E-state index in [0.717, 1.165) is 31.9 Å². The maximum absolute atomic E-state index is 11.7. The second kappa shape index (κ2) is 5.85. The molecule has 0 aliphatic carbocycles. The van der Waals surface area contributed by atoms with Crippen molar-refractivity contribution in [3.8, 4) is 0 Å². The molecule has 1 unspecified atom stereocenters. The lowest BCUT2D eigenvalue weighted by Crippen LogP contribution is -2.70.